The molecular weight excluding hydrogens is 358 g/mol. The van der Waals surface area contributed by atoms with Crippen molar-refractivity contribution in [3.05, 3.63) is 29.8 Å². The standard InChI is InChI=1S/C19H31NO5.ClH/c1-16(20)17-8-6-9-18(14-17)25-13-5-3-4-10-23-11-7-12-24-15-19(21)22-2;/h6,8-9,14,16H,3-5,7,10-13,15,20H2,1-2H3;1H/t16-;/m1./s1. The second kappa shape index (κ2) is 15.9. The molecule has 26 heavy (non-hydrogen) atoms. The van der Waals surface area contributed by atoms with Gasteiger partial charge in [-0.3, -0.25) is 0 Å². The van der Waals surface area contributed by atoms with Gasteiger partial charge in [0.25, 0.3) is 0 Å². The van der Waals surface area contributed by atoms with Gasteiger partial charge < -0.3 is 24.7 Å². The number of esters is 1. The smallest absolute Gasteiger partial charge is 0.331 e. The molecule has 0 radical (unpaired) electrons. The average Bonchev–Trinajstić information content (AvgIpc) is 2.62. The Kier molecular flexibility index (Phi) is 15.1. The van der Waals surface area contributed by atoms with Crippen LogP contribution in [0.15, 0.2) is 24.3 Å². The number of carbonyl (C=O) groups is 1. The zero-order valence-electron chi connectivity index (χ0n) is 15.8. The van der Waals surface area contributed by atoms with Crippen molar-refractivity contribution in [1.29, 1.82) is 0 Å². The zero-order chi connectivity index (χ0) is 18.3. The predicted octanol–water partition coefficient (Wildman–Crippen LogP) is 3.27. The summed E-state index contributed by atoms with van der Waals surface area (Å²) in [6.45, 7) is 4.54. The highest BCUT2D eigenvalue weighted by molar-refractivity contribution is 5.85. The Bertz CT molecular complexity index is 485. The molecule has 1 atom stereocenters. The molecule has 0 aliphatic carbocycles. The Balaban J connectivity index is 0.00000625. The molecule has 0 spiro atoms. The molecule has 0 aliphatic heterocycles. The largest absolute Gasteiger partial charge is 0.494 e. The minimum atomic E-state index is -0.354. The maximum Gasteiger partial charge on any atom is 0.331 e. The van der Waals surface area contributed by atoms with Gasteiger partial charge in [-0.25, -0.2) is 4.79 Å². The van der Waals surface area contributed by atoms with Crippen LogP contribution in [0.2, 0.25) is 0 Å². The van der Waals surface area contributed by atoms with E-state index in [1.807, 2.05) is 31.2 Å². The molecule has 7 heteroatoms. The van der Waals surface area contributed by atoms with Gasteiger partial charge >= 0.3 is 5.97 Å². The quantitative estimate of drug-likeness (QED) is 0.388. The van der Waals surface area contributed by atoms with Crippen molar-refractivity contribution in [3.8, 4) is 5.75 Å². The van der Waals surface area contributed by atoms with E-state index in [0.717, 1.165) is 43.6 Å². The molecular formula is C19H32ClNO5. The number of halogens is 1. The first-order valence-electron chi connectivity index (χ1n) is 8.84. The Morgan fingerprint density at radius 1 is 1.04 bits per heavy atom. The third-order valence-corrected chi connectivity index (χ3v) is 3.61. The highest BCUT2D eigenvalue weighted by Crippen LogP contribution is 2.17. The van der Waals surface area contributed by atoms with E-state index in [4.69, 9.17) is 19.9 Å². The lowest BCUT2D eigenvalue weighted by Gasteiger charge is -2.10. The first-order chi connectivity index (χ1) is 12.1. The summed E-state index contributed by atoms with van der Waals surface area (Å²) in [7, 11) is 1.34. The number of hydrogen-bond acceptors (Lipinski definition) is 6. The van der Waals surface area contributed by atoms with E-state index in [0.29, 0.717) is 19.8 Å². The minimum absolute atomic E-state index is 0. The number of benzene rings is 1. The van der Waals surface area contributed by atoms with Crippen molar-refractivity contribution in [1.82, 2.24) is 0 Å². The SMILES string of the molecule is COC(=O)COCCCOCCCCCOc1cccc([C@@H](C)N)c1.Cl. The van der Waals surface area contributed by atoms with Crippen LogP contribution >= 0.6 is 12.4 Å². The summed E-state index contributed by atoms with van der Waals surface area (Å²) >= 11 is 0. The number of carbonyl (C=O) groups excluding carboxylic acids is 1. The number of ether oxygens (including phenoxy) is 4. The molecule has 1 rings (SSSR count). The average molecular weight is 390 g/mol. The molecule has 0 unspecified atom stereocenters. The van der Waals surface area contributed by atoms with Crippen molar-refractivity contribution >= 4 is 18.4 Å². The lowest BCUT2D eigenvalue weighted by Crippen LogP contribution is -2.11. The molecule has 1 aromatic rings. The second-order valence-corrected chi connectivity index (χ2v) is 5.86. The van der Waals surface area contributed by atoms with Crippen LogP contribution in [-0.2, 0) is 19.0 Å². The highest BCUT2D eigenvalue weighted by Gasteiger charge is 2.01. The number of nitrogens with two attached hydrogens (primary N) is 1. The molecule has 0 bridgehead atoms. The van der Waals surface area contributed by atoms with Crippen molar-refractivity contribution in [2.45, 2.75) is 38.6 Å². The van der Waals surface area contributed by atoms with Crippen LogP contribution in [0.4, 0.5) is 0 Å². The topological polar surface area (TPSA) is 80.0 Å². The summed E-state index contributed by atoms with van der Waals surface area (Å²) in [5.41, 5.74) is 6.95. The number of hydrogen-bond donors (Lipinski definition) is 1. The van der Waals surface area contributed by atoms with Gasteiger partial charge in [0.15, 0.2) is 0 Å². The van der Waals surface area contributed by atoms with Crippen LogP contribution in [0.1, 0.15) is 44.2 Å². The Morgan fingerprint density at radius 2 is 1.73 bits per heavy atom. The van der Waals surface area contributed by atoms with Gasteiger partial charge in [-0.15, -0.1) is 12.4 Å². The van der Waals surface area contributed by atoms with Gasteiger partial charge in [0.1, 0.15) is 12.4 Å². The molecule has 0 aliphatic rings. The molecule has 0 fully saturated rings. The third-order valence-electron chi connectivity index (χ3n) is 3.61. The first-order valence-corrected chi connectivity index (χ1v) is 8.84. The minimum Gasteiger partial charge on any atom is -0.494 e. The molecule has 1 aromatic carbocycles. The molecule has 150 valence electrons. The highest BCUT2D eigenvalue weighted by atomic mass is 35.5. The van der Waals surface area contributed by atoms with Crippen molar-refractivity contribution in [2.75, 3.05) is 40.1 Å². The normalized spacial score (nSPS) is 11.5. The number of unbranched alkanes of at least 4 members (excludes halogenated alkanes) is 2. The molecule has 0 amide bonds. The fourth-order valence-corrected chi connectivity index (χ4v) is 2.14. The Labute approximate surface area is 162 Å². The molecule has 2 N–H and O–H groups in total. The number of methoxy groups -OCH3 is 1. The molecule has 0 aromatic heterocycles. The van der Waals surface area contributed by atoms with Crippen LogP contribution in [0.5, 0.6) is 5.75 Å². The fraction of sp³-hybridized carbons (Fsp3) is 0.632. The summed E-state index contributed by atoms with van der Waals surface area (Å²) in [6, 6.07) is 7.95. The van der Waals surface area contributed by atoms with E-state index in [1.54, 1.807) is 0 Å². The second-order valence-electron chi connectivity index (χ2n) is 5.86. The monoisotopic (exact) mass is 389 g/mol. The van der Waals surface area contributed by atoms with Crippen LogP contribution in [0.25, 0.3) is 0 Å². The summed E-state index contributed by atoms with van der Waals surface area (Å²) in [5.74, 6) is 0.519. The Morgan fingerprint density at radius 3 is 2.46 bits per heavy atom. The van der Waals surface area contributed by atoms with Crippen LogP contribution < -0.4 is 10.5 Å². The zero-order valence-corrected chi connectivity index (χ0v) is 16.6. The maximum atomic E-state index is 10.8. The summed E-state index contributed by atoms with van der Waals surface area (Å²) in [4.78, 5) is 10.8. The molecule has 0 heterocycles. The van der Waals surface area contributed by atoms with Gasteiger partial charge in [0, 0.05) is 25.9 Å². The molecule has 0 saturated heterocycles. The predicted molar refractivity (Wildman–Crippen MR) is 104 cm³/mol. The van der Waals surface area contributed by atoms with Crippen LogP contribution in [0.3, 0.4) is 0 Å². The third kappa shape index (κ3) is 12.1. The summed E-state index contributed by atoms with van der Waals surface area (Å²) in [6.07, 6.45) is 3.84. The van der Waals surface area contributed by atoms with Crippen molar-refractivity contribution in [3.63, 3.8) is 0 Å². The number of rotatable bonds is 14. The Hall–Kier alpha value is -1.34. The van der Waals surface area contributed by atoms with Crippen molar-refractivity contribution in [2.24, 2.45) is 5.73 Å². The summed E-state index contributed by atoms with van der Waals surface area (Å²) in [5, 5.41) is 0. The van der Waals surface area contributed by atoms with E-state index in [1.165, 1.54) is 7.11 Å². The van der Waals surface area contributed by atoms with Gasteiger partial charge in [-0.05, 0) is 50.3 Å². The molecule has 6 nitrogen and oxygen atoms in total. The lowest BCUT2D eigenvalue weighted by molar-refractivity contribution is -0.146. The van der Waals surface area contributed by atoms with E-state index in [-0.39, 0.29) is 31.0 Å². The van der Waals surface area contributed by atoms with Gasteiger partial charge in [0.05, 0.1) is 13.7 Å². The molecule has 0 saturated carbocycles. The van der Waals surface area contributed by atoms with Gasteiger partial charge in [-0.2, -0.15) is 0 Å². The van der Waals surface area contributed by atoms with Gasteiger partial charge in [0.2, 0.25) is 0 Å². The van der Waals surface area contributed by atoms with Gasteiger partial charge in [-0.1, -0.05) is 12.1 Å². The maximum absolute atomic E-state index is 10.8. The van der Waals surface area contributed by atoms with Crippen molar-refractivity contribution < 1.29 is 23.7 Å². The lowest BCUT2D eigenvalue weighted by atomic mass is 10.1. The van der Waals surface area contributed by atoms with E-state index >= 15 is 0 Å². The summed E-state index contributed by atoms with van der Waals surface area (Å²) < 4.78 is 20.9. The first kappa shape index (κ1) is 24.7. The van der Waals surface area contributed by atoms with Crippen LogP contribution in [-0.4, -0.2) is 46.1 Å². The fourth-order valence-electron chi connectivity index (χ4n) is 2.14. The van der Waals surface area contributed by atoms with E-state index in [9.17, 15) is 4.79 Å². The van der Waals surface area contributed by atoms with E-state index in [2.05, 4.69) is 4.74 Å². The van der Waals surface area contributed by atoms with Crippen LogP contribution in [0, 0.1) is 0 Å². The van der Waals surface area contributed by atoms with E-state index < -0.39 is 0 Å².